The fourth-order valence-electron chi connectivity index (χ4n) is 4.33. The van der Waals surface area contributed by atoms with Crippen LogP contribution in [-0.2, 0) is 23.5 Å². The highest BCUT2D eigenvalue weighted by atomic mass is 32.2. The zero-order valence-electron chi connectivity index (χ0n) is 20.2. The summed E-state index contributed by atoms with van der Waals surface area (Å²) in [6.07, 6.45) is 2.50. The van der Waals surface area contributed by atoms with E-state index in [0.29, 0.717) is 48.0 Å². The lowest BCUT2D eigenvalue weighted by atomic mass is 10.1. The molecule has 0 bridgehead atoms. The fraction of sp³-hybridized carbons (Fsp3) is 0.522. The van der Waals surface area contributed by atoms with Crippen LogP contribution in [0.5, 0.6) is 5.75 Å². The second kappa shape index (κ2) is 10.1. The number of H-pyrrole nitrogens is 1. The van der Waals surface area contributed by atoms with E-state index in [9.17, 15) is 8.42 Å². The highest BCUT2D eigenvalue weighted by Gasteiger charge is 2.28. The Bertz CT molecular complexity index is 1350. The Morgan fingerprint density at radius 2 is 1.94 bits per heavy atom. The standard InChI is InChI=1S/C23H32N6O3S2/c1-5-8-18-20-21(28(4)26-18)23(33)25-22(24-20)17-15-16(9-10-19(17)32-6-2)34(30,31)29-12-7-11-27(3)13-14-29/h9-10,15H,5-8,11-14H2,1-4H3,(H,24,25,33). The Morgan fingerprint density at radius 1 is 1.15 bits per heavy atom. The Hall–Kier alpha value is -2.34. The third-order valence-electron chi connectivity index (χ3n) is 6.07. The normalized spacial score (nSPS) is 16.1. The van der Waals surface area contributed by atoms with Crippen LogP contribution in [0.25, 0.3) is 22.4 Å². The van der Waals surface area contributed by atoms with Gasteiger partial charge in [-0.25, -0.2) is 13.4 Å². The largest absolute Gasteiger partial charge is 0.493 e. The van der Waals surface area contributed by atoms with Gasteiger partial charge in [-0.1, -0.05) is 25.6 Å². The number of hydrogen-bond acceptors (Lipinski definition) is 7. The van der Waals surface area contributed by atoms with Crippen molar-refractivity contribution >= 4 is 33.3 Å². The lowest BCUT2D eigenvalue weighted by Crippen LogP contribution is -2.34. The number of benzene rings is 1. The molecule has 1 aromatic carbocycles. The van der Waals surface area contributed by atoms with Gasteiger partial charge in [-0.3, -0.25) is 4.68 Å². The smallest absolute Gasteiger partial charge is 0.243 e. The van der Waals surface area contributed by atoms with Crippen molar-refractivity contribution in [3.05, 3.63) is 28.5 Å². The number of sulfonamides is 1. The molecule has 9 nitrogen and oxygen atoms in total. The second-order valence-electron chi connectivity index (χ2n) is 8.58. The van der Waals surface area contributed by atoms with Gasteiger partial charge in [0.05, 0.1) is 22.8 Å². The van der Waals surface area contributed by atoms with Crippen molar-refractivity contribution in [2.24, 2.45) is 7.05 Å². The van der Waals surface area contributed by atoms with E-state index in [4.69, 9.17) is 21.9 Å². The molecule has 4 rings (SSSR count). The minimum absolute atomic E-state index is 0.219. The molecule has 1 aliphatic heterocycles. The number of likely N-dealkylation sites (N-methyl/N-ethyl adjacent to an activating group) is 1. The Kier molecular flexibility index (Phi) is 7.36. The number of rotatable bonds is 7. The van der Waals surface area contributed by atoms with Gasteiger partial charge in [0.15, 0.2) is 0 Å². The number of hydrogen-bond donors (Lipinski definition) is 1. The minimum atomic E-state index is -3.67. The molecule has 1 aliphatic rings. The predicted octanol–water partition coefficient (Wildman–Crippen LogP) is 3.37. The molecule has 184 valence electrons. The molecular weight excluding hydrogens is 472 g/mol. The van der Waals surface area contributed by atoms with Gasteiger partial charge in [0.1, 0.15) is 27.2 Å². The summed E-state index contributed by atoms with van der Waals surface area (Å²) >= 11 is 5.64. The molecule has 2 aromatic heterocycles. The molecule has 1 saturated heterocycles. The third-order valence-corrected chi connectivity index (χ3v) is 8.26. The summed E-state index contributed by atoms with van der Waals surface area (Å²) in [5.74, 6) is 1.02. The van der Waals surface area contributed by atoms with E-state index in [-0.39, 0.29) is 4.90 Å². The Labute approximate surface area is 205 Å². The zero-order chi connectivity index (χ0) is 24.5. The number of ether oxygens (including phenoxy) is 1. The summed E-state index contributed by atoms with van der Waals surface area (Å²) in [5, 5.41) is 4.60. The molecule has 0 radical (unpaired) electrons. The number of aryl methyl sites for hydroxylation is 2. The van der Waals surface area contributed by atoms with E-state index in [0.717, 1.165) is 42.5 Å². The van der Waals surface area contributed by atoms with Crippen LogP contribution in [0.1, 0.15) is 32.4 Å². The van der Waals surface area contributed by atoms with Gasteiger partial charge in [-0.05, 0) is 51.6 Å². The van der Waals surface area contributed by atoms with E-state index in [1.165, 1.54) is 0 Å². The van der Waals surface area contributed by atoms with Crippen molar-refractivity contribution in [1.29, 1.82) is 0 Å². The van der Waals surface area contributed by atoms with Gasteiger partial charge in [-0.2, -0.15) is 9.40 Å². The molecule has 0 amide bonds. The number of aromatic nitrogens is 4. The summed E-state index contributed by atoms with van der Waals surface area (Å²) < 4.78 is 36.7. The topological polar surface area (TPSA) is 96.3 Å². The molecule has 3 aromatic rings. The van der Waals surface area contributed by atoms with Crippen molar-refractivity contribution in [3.63, 3.8) is 0 Å². The molecular formula is C23H32N6O3S2. The van der Waals surface area contributed by atoms with Gasteiger partial charge < -0.3 is 14.6 Å². The zero-order valence-corrected chi connectivity index (χ0v) is 21.8. The van der Waals surface area contributed by atoms with Gasteiger partial charge >= 0.3 is 0 Å². The second-order valence-corrected chi connectivity index (χ2v) is 10.9. The molecule has 0 unspecified atom stereocenters. The molecule has 11 heteroatoms. The summed E-state index contributed by atoms with van der Waals surface area (Å²) in [6.45, 7) is 6.97. The monoisotopic (exact) mass is 504 g/mol. The first-order valence-corrected chi connectivity index (χ1v) is 13.5. The van der Waals surface area contributed by atoms with Crippen LogP contribution in [0.4, 0.5) is 0 Å². The summed E-state index contributed by atoms with van der Waals surface area (Å²) in [6, 6.07) is 4.96. The van der Waals surface area contributed by atoms with Crippen LogP contribution in [0.3, 0.4) is 0 Å². The highest BCUT2D eigenvalue weighted by molar-refractivity contribution is 7.89. The van der Waals surface area contributed by atoms with Crippen LogP contribution in [0.2, 0.25) is 0 Å². The van der Waals surface area contributed by atoms with Gasteiger partial charge in [0.2, 0.25) is 10.0 Å². The lowest BCUT2D eigenvalue weighted by Gasteiger charge is -2.21. The molecule has 0 saturated carbocycles. The molecule has 1 fully saturated rings. The third kappa shape index (κ3) is 4.74. The minimum Gasteiger partial charge on any atom is -0.493 e. The van der Waals surface area contributed by atoms with Gasteiger partial charge in [-0.15, -0.1) is 0 Å². The molecule has 1 N–H and O–H groups in total. The average molecular weight is 505 g/mol. The van der Waals surface area contributed by atoms with Gasteiger partial charge in [0.25, 0.3) is 0 Å². The number of fused-ring (bicyclic) bond motifs is 1. The summed E-state index contributed by atoms with van der Waals surface area (Å²) in [5.41, 5.74) is 2.93. The number of aromatic amines is 1. The van der Waals surface area contributed by atoms with Crippen LogP contribution in [-0.4, -0.2) is 77.2 Å². The van der Waals surface area contributed by atoms with Gasteiger partial charge in [0, 0.05) is 26.7 Å². The van der Waals surface area contributed by atoms with Crippen LogP contribution in [0, 0.1) is 4.64 Å². The van der Waals surface area contributed by atoms with Crippen molar-refractivity contribution in [2.75, 3.05) is 39.8 Å². The summed E-state index contributed by atoms with van der Waals surface area (Å²) in [4.78, 5) is 10.4. The first-order chi connectivity index (χ1) is 16.3. The predicted molar refractivity (Wildman–Crippen MR) is 135 cm³/mol. The summed E-state index contributed by atoms with van der Waals surface area (Å²) in [7, 11) is 0.196. The van der Waals surface area contributed by atoms with Crippen LogP contribution in [0.15, 0.2) is 23.1 Å². The SMILES string of the molecule is CCCc1nn(C)c2c(=S)[nH]c(-c3cc(S(=O)(=O)N4CCCN(C)CC4)ccc3OCC)nc12. The molecule has 0 spiro atoms. The Morgan fingerprint density at radius 3 is 2.68 bits per heavy atom. The highest BCUT2D eigenvalue weighted by Crippen LogP contribution is 2.33. The quantitative estimate of drug-likeness (QED) is 0.493. The van der Waals surface area contributed by atoms with Crippen molar-refractivity contribution in [3.8, 4) is 17.1 Å². The van der Waals surface area contributed by atoms with E-state index in [2.05, 4.69) is 21.9 Å². The maximum atomic E-state index is 13.5. The molecule has 3 heterocycles. The van der Waals surface area contributed by atoms with E-state index in [1.807, 2.05) is 21.0 Å². The van der Waals surface area contributed by atoms with E-state index >= 15 is 0 Å². The number of nitrogens with zero attached hydrogens (tertiary/aromatic N) is 5. The first-order valence-electron chi connectivity index (χ1n) is 11.7. The maximum Gasteiger partial charge on any atom is 0.243 e. The Balaban J connectivity index is 1.84. The first kappa shape index (κ1) is 24.8. The van der Waals surface area contributed by atoms with E-state index in [1.54, 1.807) is 27.2 Å². The molecule has 0 atom stereocenters. The fourth-order valence-corrected chi connectivity index (χ4v) is 6.15. The van der Waals surface area contributed by atoms with Crippen LogP contribution >= 0.6 is 12.2 Å². The van der Waals surface area contributed by atoms with Crippen molar-refractivity contribution in [2.45, 2.75) is 38.0 Å². The average Bonchev–Trinajstić information content (AvgIpc) is 2.96. The van der Waals surface area contributed by atoms with Crippen molar-refractivity contribution < 1.29 is 13.2 Å². The number of nitrogens with one attached hydrogen (secondary N) is 1. The molecule has 0 aliphatic carbocycles. The molecule has 34 heavy (non-hydrogen) atoms. The maximum absolute atomic E-state index is 13.5. The lowest BCUT2D eigenvalue weighted by molar-refractivity contribution is 0.341. The van der Waals surface area contributed by atoms with Crippen molar-refractivity contribution in [1.82, 2.24) is 29.0 Å². The van der Waals surface area contributed by atoms with E-state index < -0.39 is 10.0 Å². The van der Waals surface area contributed by atoms with Crippen LogP contribution < -0.4 is 4.74 Å².